The van der Waals surface area contributed by atoms with Gasteiger partial charge in [0.2, 0.25) is 0 Å². The molecule has 1 fully saturated rings. The number of hydrogen-bond acceptors (Lipinski definition) is 6. The van der Waals surface area contributed by atoms with Gasteiger partial charge in [0.25, 0.3) is 0 Å². The fraction of sp³-hybridized carbons (Fsp3) is 0.0952. The minimum absolute atomic E-state index is 0.0515. The highest BCUT2D eigenvalue weighted by Gasteiger charge is 2.38. The van der Waals surface area contributed by atoms with Crippen molar-refractivity contribution >= 4 is 85.2 Å². The molecule has 3 aromatic rings. The average molecular weight is 644 g/mol. The summed E-state index contributed by atoms with van der Waals surface area (Å²) in [5.74, 6) is 0.234. The van der Waals surface area contributed by atoms with E-state index in [1.807, 2.05) is 53.9 Å². The fourth-order valence-corrected chi connectivity index (χ4v) is 6.81. The van der Waals surface area contributed by atoms with E-state index in [0.717, 1.165) is 24.0 Å². The van der Waals surface area contributed by atoms with E-state index in [0.29, 0.717) is 21.6 Å². The van der Waals surface area contributed by atoms with E-state index < -0.39 is 5.92 Å². The number of rotatable bonds is 5. The van der Waals surface area contributed by atoms with Gasteiger partial charge in [-0.3, -0.25) is 10.2 Å². The SMILES string of the molecule is N=C1S/C(=C\c2cc(I)c(OCc3ccccc3)c(I)c2)C(=O)[C@H]1c1nccs1. The molecule has 1 aromatic heterocycles. The Morgan fingerprint density at radius 3 is 2.55 bits per heavy atom. The van der Waals surface area contributed by atoms with E-state index in [9.17, 15) is 4.79 Å². The van der Waals surface area contributed by atoms with E-state index in [1.54, 1.807) is 6.20 Å². The Bertz CT molecular complexity index is 1080. The molecule has 4 nitrogen and oxygen atoms in total. The minimum atomic E-state index is -0.558. The van der Waals surface area contributed by atoms with Crippen LogP contribution in [0.25, 0.3) is 6.08 Å². The molecule has 1 N–H and O–H groups in total. The van der Waals surface area contributed by atoms with Crippen LogP contribution in [0.4, 0.5) is 0 Å². The summed E-state index contributed by atoms with van der Waals surface area (Å²) >= 11 is 7.16. The van der Waals surface area contributed by atoms with Gasteiger partial charge in [-0.25, -0.2) is 4.98 Å². The highest BCUT2D eigenvalue weighted by Crippen LogP contribution is 2.41. The molecule has 2 aromatic carbocycles. The van der Waals surface area contributed by atoms with Crippen molar-refractivity contribution in [3.05, 3.63) is 82.2 Å². The van der Waals surface area contributed by atoms with Crippen LogP contribution < -0.4 is 4.74 Å². The van der Waals surface area contributed by atoms with E-state index in [2.05, 4.69) is 50.2 Å². The van der Waals surface area contributed by atoms with Gasteiger partial charge in [0, 0.05) is 11.6 Å². The number of thioether (sulfide) groups is 1. The normalized spacial score (nSPS) is 17.9. The van der Waals surface area contributed by atoms with Gasteiger partial charge in [0.15, 0.2) is 5.78 Å². The number of thiazole rings is 1. The van der Waals surface area contributed by atoms with Crippen LogP contribution in [-0.2, 0) is 11.4 Å². The number of benzene rings is 2. The highest BCUT2D eigenvalue weighted by atomic mass is 127. The van der Waals surface area contributed by atoms with Crippen molar-refractivity contribution in [2.24, 2.45) is 0 Å². The number of nitrogens with zero attached hydrogens (tertiary/aromatic N) is 1. The molecule has 2 heterocycles. The van der Waals surface area contributed by atoms with Gasteiger partial charge in [-0.2, -0.15) is 0 Å². The van der Waals surface area contributed by atoms with Gasteiger partial charge in [-0.15, -0.1) is 11.3 Å². The number of nitrogens with one attached hydrogen (secondary N) is 1. The molecule has 4 rings (SSSR count). The molecule has 0 radical (unpaired) electrons. The topological polar surface area (TPSA) is 63.0 Å². The van der Waals surface area contributed by atoms with Crippen LogP contribution in [0.2, 0.25) is 0 Å². The summed E-state index contributed by atoms with van der Waals surface area (Å²) in [7, 11) is 0. The lowest BCUT2D eigenvalue weighted by molar-refractivity contribution is -0.114. The largest absolute Gasteiger partial charge is 0.487 e. The van der Waals surface area contributed by atoms with E-state index in [-0.39, 0.29) is 5.78 Å². The lowest BCUT2D eigenvalue weighted by atomic mass is 10.1. The van der Waals surface area contributed by atoms with Crippen molar-refractivity contribution in [3.8, 4) is 5.75 Å². The fourth-order valence-electron chi connectivity index (χ4n) is 2.87. The van der Waals surface area contributed by atoms with Crippen LogP contribution in [0.15, 0.2) is 58.9 Å². The van der Waals surface area contributed by atoms with Crippen LogP contribution in [0.3, 0.4) is 0 Å². The van der Waals surface area contributed by atoms with Crippen molar-refractivity contribution in [2.75, 3.05) is 0 Å². The van der Waals surface area contributed by atoms with Crippen LogP contribution >= 0.6 is 68.3 Å². The van der Waals surface area contributed by atoms with E-state index in [1.165, 1.54) is 23.1 Å². The maximum Gasteiger partial charge on any atom is 0.186 e. The molecule has 0 amide bonds. The Hall–Kier alpha value is -1.24. The summed E-state index contributed by atoms with van der Waals surface area (Å²) in [5.41, 5.74) is 2.04. The molecule has 0 spiro atoms. The number of carbonyl (C=O) groups excluding carboxylic acids is 1. The molecule has 1 saturated heterocycles. The molecule has 0 aliphatic carbocycles. The first-order valence-electron chi connectivity index (χ1n) is 8.60. The third-order valence-corrected chi connectivity index (χ3v) is 7.67. The molecule has 29 heavy (non-hydrogen) atoms. The molecule has 0 unspecified atom stereocenters. The second kappa shape index (κ2) is 9.27. The average Bonchev–Trinajstić information content (AvgIpc) is 3.30. The molecular weight excluding hydrogens is 630 g/mol. The number of carbonyl (C=O) groups is 1. The Balaban J connectivity index is 1.55. The third kappa shape index (κ3) is 4.75. The Kier molecular flexibility index (Phi) is 6.72. The zero-order chi connectivity index (χ0) is 20.4. The van der Waals surface area contributed by atoms with Crippen molar-refractivity contribution in [1.29, 1.82) is 5.41 Å². The number of Topliss-reactive ketones (excluding diaryl/α,β-unsaturated/α-hetero) is 1. The Labute approximate surface area is 204 Å². The van der Waals surface area contributed by atoms with E-state index in [4.69, 9.17) is 10.1 Å². The summed E-state index contributed by atoms with van der Waals surface area (Å²) in [6.45, 7) is 0.508. The zero-order valence-electron chi connectivity index (χ0n) is 14.9. The predicted molar refractivity (Wildman–Crippen MR) is 136 cm³/mol. The number of ether oxygens (including phenoxy) is 1. The molecule has 1 aliphatic rings. The Morgan fingerprint density at radius 1 is 1.17 bits per heavy atom. The van der Waals surface area contributed by atoms with Gasteiger partial charge in [-0.1, -0.05) is 42.1 Å². The first kappa shape index (κ1) is 21.0. The maximum atomic E-state index is 12.8. The molecule has 1 atom stereocenters. The number of aromatic nitrogens is 1. The molecule has 0 bridgehead atoms. The van der Waals surface area contributed by atoms with Crippen molar-refractivity contribution in [1.82, 2.24) is 4.98 Å². The van der Waals surface area contributed by atoms with Gasteiger partial charge in [0.1, 0.15) is 23.3 Å². The smallest absolute Gasteiger partial charge is 0.186 e. The van der Waals surface area contributed by atoms with Crippen LogP contribution in [0, 0.1) is 12.5 Å². The summed E-state index contributed by atoms with van der Waals surface area (Å²) in [4.78, 5) is 17.6. The first-order chi connectivity index (χ1) is 14.0. The highest BCUT2D eigenvalue weighted by molar-refractivity contribution is 14.1. The summed E-state index contributed by atoms with van der Waals surface area (Å²) in [5, 5.41) is 11.1. The quantitative estimate of drug-likeness (QED) is 0.260. The van der Waals surface area contributed by atoms with Gasteiger partial charge >= 0.3 is 0 Å². The minimum Gasteiger partial charge on any atom is -0.487 e. The monoisotopic (exact) mass is 644 g/mol. The first-order valence-corrected chi connectivity index (χ1v) is 12.5. The predicted octanol–water partition coefficient (Wildman–Crippen LogP) is 6.35. The molecule has 0 saturated carbocycles. The van der Waals surface area contributed by atoms with Crippen LogP contribution in [0.1, 0.15) is 22.1 Å². The van der Waals surface area contributed by atoms with Gasteiger partial charge < -0.3 is 4.74 Å². The Morgan fingerprint density at radius 2 is 1.90 bits per heavy atom. The van der Waals surface area contributed by atoms with Crippen molar-refractivity contribution in [2.45, 2.75) is 12.5 Å². The van der Waals surface area contributed by atoms with Crippen molar-refractivity contribution < 1.29 is 9.53 Å². The van der Waals surface area contributed by atoms with E-state index >= 15 is 0 Å². The number of halogens is 2. The van der Waals surface area contributed by atoms with Crippen LogP contribution in [-0.4, -0.2) is 15.8 Å². The number of ketones is 1. The lowest BCUT2D eigenvalue weighted by Gasteiger charge is -2.12. The summed E-state index contributed by atoms with van der Waals surface area (Å²) < 4.78 is 8.00. The third-order valence-electron chi connectivity index (χ3n) is 4.23. The van der Waals surface area contributed by atoms with Crippen molar-refractivity contribution in [3.63, 3.8) is 0 Å². The molecule has 8 heteroatoms. The van der Waals surface area contributed by atoms with Gasteiger partial charge in [-0.05, 0) is 74.5 Å². The standard InChI is InChI=1S/C21H14I2N2O2S2/c22-14-8-13(9-15(23)19(14)27-11-12-4-2-1-3-5-12)10-16-18(26)17(20(24)29-16)21-25-6-7-28-21/h1-10,17,24H,11H2/b16-10-,24-20?/t17-/m1/s1. The summed E-state index contributed by atoms with van der Waals surface area (Å²) in [6.07, 6.45) is 3.53. The number of allylic oxidation sites excluding steroid dienone is 1. The summed E-state index contributed by atoms with van der Waals surface area (Å²) in [6, 6.07) is 14.1. The molecular formula is C21H14I2N2O2S2. The molecule has 146 valence electrons. The molecule has 1 aliphatic heterocycles. The number of hydrogen-bond donors (Lipinski definition) is 1. The zero-order valence-corrected chi connectivity index (χ0v) is 20.8. The van der Waals surface area contributed by atoms with Crippen LogP contribution in [0.5, 0.6) is 5.75 Å². The second-order valence-corrected chi connectivity index (χ2v) is 10.6. The van der Waals surface area contributed by atoms with Gasteiger partial charge in [0.05, 0.1) is 17.1 Å². The second-order valence-electron chi connectivity index (χ2n) is 6.23. The maximum absolute atomic E-state index is 12.8. The lowest BCUT2D eigenvalue weighted by Crippen LogP contribution is -2.11.